The minimum Gasteiger partial charge on any atom is -0.493 e. The Balaban J connectivity index is 1.54. The topological polar surface area (TPSA) is 79.6 Å². The third kappa shape index (κ3) is 5.21. The summed E-state index contributed by atoms with van der Waals surface area (Å²) in [7, 11) is 0. The van der Waals surface area contributed by atoms with Gasteiger partial charge in [-0.25, -0.2) is 0 Å². The highest BCUT2D eigenvalue weighted by Gasteiger charge is 2.31. The summed E-state index contributed by atoms with van der Waals surface area (Å²) < 4.78 is 47.5. The number of nitrogens with one attached hydrogen (secondary N) is 2. The molecule has 0 spiro atoms. The summed E-state index contributed by atoms with van der Waals surface area (Å²) in [6.45, 7) is 8.44. The predicted octanol–water partition coefficient (Wildman–Crippen LogP) is 4.47. The van der Waals surface area contributed by atoms with Gasteiger partial charge in [0, 0.05) is 49.8 Å². The average molecular weight is 504 g/mol. The predicted molar refractivity (Wildman–Crippen MR) is 132 cm³/mol. The standard InChI is InChI=1S/C25H32F3N7O/c1-16(2)20-14-31-35-22(20)32-24-33-23(35)30-13-18-6-7-19(25(26,27)28)10-21(18)36-9-5-3-4-8-34(24)15-17-11-29-12-17/h6-7,10,14,16-17,29H,3-5,8-9,11-13,15H2,1-2H3,(H,30,32,33). The maximum Gasteiger partial charge on any atom is 0.416 e. The summed E-state index contributed by atoms with van der Waals surface area (Å²) in [5.41, 5.74) is 1.67. The molecule has 5 rings (SSSR count). The van der Waals surface area contributed by atoms with Gasteiger partial charge < -0.3 is 20.3 Å². The van der Waals surface area contributed by atoms with Gasteiger partial charge in [-0.2, -0.15) is 32.8 Å². The SMILES string of the molecule is CC(C)c1cnn2c3nc(nc12)N(CC1CNC1)CCCCCOc1cc(C(F)(F)F)ccc1CN3. The molecule has 0 aliphatic carbocycles. The van der Waals surface area contributed by atoms with Crippen molar-refractivity contribution in [2.24, 2.45) is 5.92 Å². The van der Waals surface area contributed by atoms with Crippen molar-refractivity contribution in [2.45, 2.75) is 51.7 Å². The number of ether oxygens (including phenoxy) is 1. The quantitative estimate of drug-likeness (QED) is 0.546. The Morgan fingerprint density at radius 2 is 1.97 bits per heavy atom. The average Bonchev–Trinajstić information content (AvgIpc) is 3.24. The van der Waals surface area contributed by atoms with Crippen LogP contribution in [0.4, 0.5) is 25.1 Å². The van der Waals surface area contributed by atoms with Crippen LogP contribution in [0.15, 0.2) is 24.4 Å². The molecule has 0 unspecified atom stereocenters. The van der Waals surface area contributed by atoms with E-state index in [2.05, 4.69) is 34.5 Å². The number of alkyl halides is 3. The fraction of sp³-hybridized carbons (Fsp3) is 0.560. The lowest BCUT2D eigenvalue weighted by Gasteiger charge is -2.33. The van der Waals surface area contributed by atoms with Crippen molar-refractivity contribution >= 4 is 17.5 Å². The van der Waals surface area contributed by atoms with Crippen molar-refractivity contribution in [3.8, 4) is 5.75 Å². The number of halogens is 3. The molecule has 8 nitrogen and oxygen atoms in total. The number of hydrogen-bond donors (Lipinski definition) is 2. The Hall–Kier alpha value is -3.08. The zero-order valence-electron chi connectivity index (χ0n) is 20.6. The molecule has 11 heteroatoms. The minimum atomic E-state index is -4.43. The van der Waals surface area contributed by atoms with Crippen molar-refractivity contribution in [2.75, 3.05) is 43.0 Å². The molecule has 3 aromatic rings. The molecule has 2 bridgehead atoms. The molecule has 1 aromatic carbocycles. The second-order valence-corrected chi connectivity index (χ2v) is 9.89. The summed E-state index contributed by atoms with van der Waals surface area (Å²) >= 11 is 0. The van der Waals surface area contributed by atoms with Crippen LogP contribution in [0.1, 0.15) is 55.7 Å². The lowest BCUT2D eigenvalue weighted by Crippen LogP contribution is -2.49. The fourth-order valence-corrected chi connectivity index (χ4v) is 4.56. The lowest BCUT2D eigenvalue weighted by molar-refractivity contribution is -0.137. The van der Waals surface area contributed by atoms with Crippen molar-refractivity contribution in [3.05, 3.63) is 41.1 Å². The Labute approximate surface area is 208 Å². The van der Waals surface area contributed by atoms with Crippen LogP contribution in [0.2, 0.25) is 0 Å². The highest BCUT2D eigenvalue weighted by atomic mass is 19.4. The number of hydrogen-bond acceptors (Lipinski definition) is 7. The van der Waals surface area contributed by atoms with Gasteiger partial charge >= 0.3 is 6.18 Å². The molecule has 1 fully saturated rings. The van der Waals surface area contributed by atoms with Gasteiger partial charge in [-0.15, -0.1) is 0 Å². The second kappa shape index (κ2) is 10.1. The van der Waals surface area contributed by atoms with Crippen LogP contribution in [0.5, 0.6) is 5.75 Å². The van der Waals surface area contributed by atoms with Crippen LogP contribution in [0, 0.1) is 5.92 Å². The first-order chi connectivity index (χ1) is 17.3. The number of aromatic nitrogens is 4. The maximum absolute atomic E-state index is 13.3. The van der Waals surface area contributed by atoms with Gasteiger partial charge in [0.05, 0.1) is 18.4 Å². The Kier molecular flexibility index (Phi) is 6.92. The zero-order chi connectivity index (χ0) is 25.3. The fourth-order valence-electron chi connectivity index (χ4n) is 4.56. The highest BCUT2D eigenvalue weighted by Crippen LogP contribution is 2.34. The lowest BCUT2D eigenvalue weighted by atomic mass is 10.0. The summed E-state index contributed by atoms with van der Waals surface area (Å²) in [6, 6.07) is 3.64. The number of benzene rings is 1. The number of fused-ring (bicyclic) bond motifs is 5. The highest BCUT2D eigenvalue weighted by molar-refractivity contribution is 5.56. The molecule has 194 valence electrons. The van der Waals surface area contributed by atoms with Gasteiger partial charge in [-0.05, 0) is 37.3 Å². The Morgan fingerprint density at radius 3 is 2.69 bits per heavy atom. The first-order valence-corrected chi connectivity index (χ1v) is 12.6. The monoisotopic (exact) mass is 503 g/mol. The molecular formula is C25H32F3N7O. The number of nitrogens with zero attached hydrogens (tertiary/aromatic N) is 5. The first kappa shape index (κ1) is 24.6. The van der Waals surface area contributed by atoms with Crippen LogP contribution in [0.3, 0.4) is 0 Å². The Bertz CT molecular complexity index is 1210. The van der Waals surface area contributed by atoms with E-state index in [1.807, 2.05) is 6.20 Å². The van der Waals surface area contributed by atoms with Gasteiger partial charge in [0.25, 0.3) is 0 Å². The van der Waals surface area contributed by atoms with E-state index < -0.39 is 11.7 Å². The molecule has 1 saturated heterocycles. The van der Waals surface area contributed by atoms with Crippen LogP contribution in [-0.4, -0.2) is 52.4 Å². The van der Waals surface area contributed by atoms with Gasteiger partial charge in [0.1, 0.15) is 5.75 Å². The van der Waals surface area contributed by atoms with Crippen molar-refractivity contribution in [1.29, 1.82) is 0 Å². The van der Waals surface area contributed by atoms with Gasteiger partial charge in [0.15, 0.2) is 5.65 Å². The van der Waals surface area contributed by atoms with E-state index in [1.54, 1.807) is 4.52 Å². The molecule has 0 saturated carbocycles. The largest absolute Gasteiger partial charge is 0.493 e. The molecule has 2 aliphatic rings. The molecule has 36 heavy (non-hydrogen) atoms. The third-order valence-corrected chi connectivity index (χ3v) is 6.79. The molecule has 2 aromatic heterocycles. The van der Waals surface area contributed by atoms with Crippen LogP contribution >= 0.6 is 0 Å². The summed E-state index contributed by atoms with van der Waals surface area (Å²) in [6.07, 6.45) is -0.0598. The van der Waals surface area contributed by atoms with E-state index in [4.69, 9.17) is 14.7 Å². The van der Waals surface area contributed by atoms with Gasteiger partial charge in [-0.3, -0.25) is 0 Å². The maximum atomic E-state index is 13.3. The molecule has 0 amide bonds. The normalized spacial score (nSPS) is 17.8. The Morgan fingerprint density at radius 1 is 1.14 bits per heavy atom. The van der Waals surface area contributed by atoms with E-state index in [0.717, 1.165) is 68.8 Å². The van der Waals surface area contributed by atoms with Gasteiger partial charge in [-0.1, -0.05) is 19.9 Å². The van der Waals surface area contributed by atoms with Crippen LogP contribution in [-0.2, 0) is 12.7 Å². The van der Waals surface area contributed by atoms with E-state index in [-0.39, 0.29) is 18.2 Å². The van der Waals surface area contributed by atoms with Gasteiger partial charge in [0.2, 0.25) is 11.9 Å². The van der Waals surface area contributed by atoms with E-state index in [0.29, 0.717) is 30.0 Å². The number of anilines is 2. The van der Waals surface area contributed by atoms with Crippen molar-refractivity contribution in [3.63, 3.8) is 0 Å². The number of rotatable bonds is 3. The van der Waals surface area contributed by atoms with Crippen LogP contribution < -0.4 is 20.3 Å². The summed E-state index contributed by atoms with van der Waals surface area (Å²) in [5.74, 6) is 2.17. The van der Waals surface area contributed by atoms with Crippen LogP contribution in [0.25, 0.3) is 5.65 Å². The molecule has 2 N–H and O–H groups in total. The minimum absolute atomic E-state index is 0.225. The molecule has 2 aliphatic heterocycles. The zero-order valence-corrected chi connectivity index (χ0v) is 20.6. The van der Waals surface area contributed by atoms with E-state index >= 15 is 0 Å². The summed E-state index contributed by atoms with van der Waals surface area (Å²) in [5, 5.41) is 11.2. The van der Waals surface area contributed by atoms with Crippen molar-refractivity contribution < 1.29 is 17.9 Å². The second-order valence-electron chi connectivity index (χ2n) is 9.89. The first-order valence-electron chi connectivity index (χ1n) is 12.6. The summed E-state index contributed by atoms with van der Waals surface area (Å²) in [4.78, 5) is 12.0. The van der Waals surface area contributed by atoms with Crippen molar-refractivity contribution in [1.82, 2.24) is 24.9 Å². The third-order valence-electron chi connectivity index (χ3n) is 6.79. The molecule has 0 atom stereocenters. The molecule has 4 heterocycles. The molecular weight excluding hydrogens is 471 g/mol. The molecule has 0 radical (unpaired) electrons. The van der Waals surface area contributed by atoms with E-state index in [9.17, 15) is 13.2 Å². The van der Waals surface area contributed by atoms with E-state index in [1.165, 1.54) is 6.07 Å². The smallest absolute Gasteiger partial charge is 0.416 e.